The van der Waals surface area contributed by atoms with Crippen molar-refractivity contribution in [2.45, 2.75) is 75.5 Å². The molecule has 1 aromatic carbocycles. The van der Waals surface area contributed by atoms with Crippen LogP contribution in [0.3, 0.4) is 0 Å². The van der Waals surface area contributed by atoms with Gasteiger partial charge in [-0.2, -0.15) is 13.2 Å². The minimum atomic E-state index is -4.54. The van der Waals surface area contributed by atoms with Gasteiger partial charge >= 0.3 is 12.1 Å². The number of carbonyl (C=O) groups excluding carboxylic acids is 2. The van der Waals surface area contributed by atoms with E-state index in [9.17, 15) is 22.8 Å². The molecule has 0 amide bonds. The largest absolute Gasteiger partial charge is 1.00 e. The molecule has 1 aliphatic carbocycles. The molecular weight excluding hydrogens is 529 g/mol. The lowest BCUT2D eigenvalue weighted by molar-refractivity contribution is -0.939. The van der Waals surface area contributed by atoms with E-state index in [0.29, 0.717) is 11.0 Å². The lowest BCUT2D eigenvalue weighted by Crippen LogP contribution is -3.00. The first-order valence-electron chi connectivity index (χ1n) is 13.9. The average molecular weight is 565 g/mol. The Morgan fingerprint density at radius 1 is 0.949 bits per heavy atom. The summed E-state index contributed by atoms with van der Waals surface area (Å²) < 4.78 is 46.0. The van der Waals surface area contributed by atoms with Crippen LogP contribution in [0.15, 0.2) is 48.5 Å². The Bertz CT molecular complexity index is 1140. The summed E-state index contributed by atoms with van der Waals surface area (Å²) in [5, 5.41) is 0. The zero-order valence-electron chi connectivity index (χ0n) is 22.1. The summed E-state index contributed by atoms with van der Waals surface area (Å²) in [6.07, 6.45) is 2.66. The van der Waals surface area contributed by atoms with Crippen LogP contribution in [0.2, 0.25) is 0 Å². The quantitative estimate of drug-likeness (QED) is 0.295. The van der Waals surface area contributed by atoms with Crippen molar-refractivity contribution >= 4 is 11.8 Å². The third-order valence-electron chi connectivity index (χ3n) is 8.96. The number of Topliss-reactive ketones (excluding diaryl/α,β-unsaturated/α-hetero) is 1. The molecule has 2 bridgehead atoms. The van der Waals surface area contributed by atoms with Crippen molar-refractivity contribution in [1.82, 2.24) is 4.98 Å². The zero-order valence-corrected chi connectivity index (χ0v) is 22.9. The van der Waals surface area contributed by atoms with Gasteiger partial charge in [-0.25, -0.2) is 4.98 Å². The van der Waals surface area contributed by atoms with Crippen LogP contribution in [-0.4, -0.2) is 53.5 Å². The van der Waals surface area contributed by atoms with Crippen LogP contribution >= 0.6 is 0 Å². The van der Waals surface area contributed by atoms with Crippen molar-refractivity contribution < 1.29 is 44.4 Å². The fourth-order valence-corrected chi connectivity index (χ4v) is 6.89. The first kappa shape index (κ1) is 29.5. The van der Waals surface area contributed by atoms with Gasteiger partial charge in [-0.3, -0.25) is 9.59 Å². The molecule has 0 radical (unpaired) electrons. The second-order valence-corrected chi connectivity index (χ2v) is 11.5. The maximum absolute atomic E-state index is 13.9. The number of quaternary nitrogens is 1. The number of benzene rings is 1. The monoisotopic (exact) mass is 564 g/mol. The number of ketones is 1. The van der Waals surface area contributed by atoms with Crippen LogP contribution in [0, 0.1) is 5.92 Å². The molecule has 2 aromatic rings. The number of halogens is 4. The van der Waals surface area contributed by atoms with Gasteiger partial charge in [-0.1, -0.05) is 62.1 Å². The van der Waals surface area contributed by atoms with Crippen LogP contribution in [0.4, 0.5) is 13.2 Å². The Kier molecular flexibility index (Phi) is 9.06. The molecule has 212 valence electrons. The van der Waals surface area contributed by atoms with Crippen LogP contribution in [0.5, 0.6) is 0 Å². The van der Waals surface area contributed by atoms with E-state index >= 15 is 0 Å². The lowest BCUT2D eigenvalue weighted by atomic mass is 9.74. The number of pyridine rings is 1. The van der Waals surface area contributed by atoms with Crippen molar-refractivity contribution in [2.75, 3.05) is 26.2 Å². The number of fused-ring (bicyclic) bond motifs is 3. The second kappa shape index (κ2) is 12.0. The summed E-state index contributed by atoms with van der Waals surface area (Å²) in [5.74, 6) is 0.0200. The van der Waals surface area contributed by atoms with Crippen molar-refractivity contribution in [3.63, 3.8) is 0 Å². The van der Waals surface area contributed by atoms with E-state index in [2.05, 4.69) is 4.98 Å². The van der Waals surface area contributed by atoms with Gasteiger partial charge in [0, 0.05) is 24.5 Å². The summed E-state index contributed by atoms with van der Waals surface area (Å²) in [4.78, 5) is 30.6. The van der Waals surface area contributed by atoms with E-state index in [1.807, 2.05) is 30.3 Å². The maximum Gasteiger partial charge on any atom is 0.433 e. The molecule has 1 saturated carbocycles. The Morgan fingerprint density at radius 3 is 2.26 bits per heavy atom. The molecule has 0 spiro atoms. The molecule has 3 saturated heterocycles. The smallest absolute Gasteiger partial charge is 0.433 e. The Labute approximate surface area is 234 Å². The normalized spacial score (nSPS) is 26.2. The van der Waals surface area contributed by atoms with Gasteiger partial charge in [0.1, 0.15) is 18.8 Å². The number of hydrogen-bond acceptors (Lipinski definition) is 4. The predicted molar refractivity (Wildman–Crippen MR) is 136 cm³/mol. The topological polar surface area (TPSA) is 56.3 Å². The van der Waals surface area contributed by atoms with Gasteiger partial charge in [-0.05, 0) is 30.5 Å². The maximum atomic E-state index is 13.9. The zero-order chi connectivity index (χ0) is 26.8. The van der Waals surface area contributed by atoms with E-state index in [1.54, 1.807) is 0 Å². The van der Waals surface area contributed by atoms with Crippen molar-refractivity contribution in [2.24, 2.45) is 5.92 Å². The molecule has 6 rings (SSSR count). The highest BCUT2D eigenvalue weighted by molar-refractivity contribution is 5.83. The third-order valence-corrected chi connectivity index (χ3v) is 8.96. The molecule has 0 N–H and O–H groups in total. The summed E-state index contributed by atoms with van der Waals surface area (Å²) in [7, 11) is 0. The Hall–Kier alpha value is -2.45. The van der Waals surface area contributed by atoms with E-state index in [0.717, 1.165) is 76.1 Å². The standard InChI is InChI=1S/C30H36F3N2O3.ClH/c31-30(32,33)27-12-8-11-24(34-27)19-25(36)20-35-17-13-22(14-18-35)26(21-35)38-28(37)29(15-6-1-2-7-16-29)23-9-4-3-5-10-23;/h3-5,8-12,22,26H,1-2,6-7,13-21H2;1H/q+1;/p-1/t22?,26-,35?;/m0./s1. The van der Waals surface area contributed by atoms with E-state index in [-0.39, 0.29) is 54.8 Å². The molecule has 1 atom stereocenters. The van der Waals surface area contributed by atoms with Gasteiger partial charge in [0.2, 0.25) is 0 Å². The average Bonchev–Trinajstić information content (AvgIpc) is 3.16. The van der Waals surface area contributed by atoms with Gasteiger partial charge in [-0.15, -0.1) is 0 Å². The number of esters is 1. The van der Waals surface area contributed by atoms with Crippen LogP contribution in [0.25, 0.3) is 0 Å². The fourth-order valence-electron chi connectivity index (χ4n) is 6.89. The van der Waals surface area contributed by atoms with Gasteiger partial charge in [0.15, 0.2) is 11.9 Å². The van der Waals surface area contributed by atoms with Crippen LogP contribution < -0.4 is 12.4 Å². The summed E-state index contributed by atoms with van der Waals surface area (Å²) in [5.41, 5.74) is -0.442. The minimum Gasteiger partial charge on any atom is -1.00 e. The summed E-state index contributed by atoms with van der Waals surface area (Å²) in [6, 6.07) is 13.7. The van der Waals surface area contributed by atoms with E-state index < -0.39 is 17.3 Å². The van der Waals surface area contributed by atoms with Gasteiger partial charge in [0.05, 0.1) is 24.9 Å². The van der Waals surface area contributed by atoms with Gasteiger partial charge in [0.25, 0.3) is 0 Å². The number of aromatic nitrogens is 1. The molecule has 4 heterocycles. The second-order valence-electron chi connectivity index (χ2n) is 11.5. The summed E-state index contributed by atoms with van der Waals surface area (Å²) in [6.45, 7) is 2.46. The lowest BCUT2D eigenvalue weighted by Gasteiger charge is -2.52. The number of piperidine rings is 3. The van der Waals surface area contributed by atoms with Crippen LogP contribution in [0.1, 0.15) is 68.3 Å². The fraction of sp³-hybridized carbons (Fsp3) is 0.567. The first-order valence-corrected chi connectivity index (χ1v) is 13.9. The number of hydrogen-bond donors (Lipinski definition) is 0. The molecule has 1 aromatic heterocycles. The molecule has 0 unspecified atom stereocenters. The van der Waals surface area contributed by atoms with Crippen molar-refractivity contribution in [3.8, 4) is 0 Å². The molecule has 4 fully saturated rings. The summed E-state index contributed by atoms with van der Waals surface area (Å²) >= 11 is 0. The van der Waals surface area contributed by atoms with Crippen molar-refractivity contribution in [3.05, 3.63) is 65.5 Å². The van der Waals surface area contributed by atoms with Gasteiger partial charge < -0.3 is 21.6 Å². The van der Waals surface area contributed by atoms with E-state index in [4.69, 9.17) is 4.74 Å². The number of ether oxygens (including phenoxy) is 1. The molecule has 4 aliphatic rings. The van der Waals surface area contributed by atoms with Crippen LogP contribution in [-0.2, 0) is 32.3 Å². The predicted octanol–water partition coefficient (Wildman–Crippen LogP) is 2.66. The van der Waals surface area contributed by atoms with Crippen molar-refractivity contribution in [1.29, 1.82) is 0 Å². The van der Waals surface area contributed by atoms with E-state index in [1.165, 1.54) is 12.1 Å². The Morgan fingerprint density at radius 2 is 1.62 bits per heavy atom. The minimum absolute atomic E-state index is 0. The molecule has 39 heavy (non-hydrogen) atoms. The molecule has 3 aliphatic heterocycles. The third kappa shape index (κ3) is 6.49. The number of carbonyl (C=O) groups is 2. The number of rotatable bonds is 7. The molecular formula is C30H36ClF3N2O3. The molecule has 9 heteroatoms. The highest BCUT2D eigenvalue weighted by Gasteiger charge is 2.51. The highest BCUT2D eigenvalue weighted by Crippen LogP contribution is 2.42. The number of nitrogens with zero attached hydrogens (tertiary/aromatic N) is 2. The number of alkyl halides is 3. The highest BCUT2D eigenvalue weighted by atomic mass is 35.5. The Balaban J connectivity index is 0.00000353. The molecule has 5 nitrogen and oxygen atoms in total. The SMILES string of the molecule is O=C(Cc1cccc(C(F)(F)F)n1)C[N+]12CCC(CC1)[C@@H](OC(=O)C1(c3ccccc3)CCCCCC1)C2.[Cl-]. The first-order chi connectivity index (χ1) is 18.2.